The summed E-state index contributed by atoms with van der Waals surface area (Å²) in [4.78, 5) is 15.0. The minimum atomic E-state index is -0.374. The van der Waals surface area contributed by atoms with Gasteiger partial charge in [0.25, 0.3) is 0 Å². The molecular weight excluding hydrogens is 305 g/mol. The lowest BCUT2D eigenvalue weighted by molar-refractivity contribution is 0.112. The van der Waals surface area contributed by atoms with Gasteiger partial charge < -0.3 is 9.72 Å². The van der Waals surface area contributed by atoms with E-state index in [4.69, 9.17) is 4.74 Å². The largest absolute Gasteiger partial charge is 0.496 e. The quantitative estimate of drug-likeness (QED) is 0.646. The van der Waals surface area contributed by atoms with E-state index in [1.165, 1.54) is 24.8 Å². The second-order valence-electron chi connectivity index (χ2n) is 5.99. The fraction of sp³-hybridized carbons (Fsp3) is 0.250. The van der Waals surface area contributed by atoms with Gasteiger partial charge in [-0.15, -0.1) is 0 Å². The van der Waals surface area contributed by atoms with Crippen molar-refractivity contribution in [3.63, 3.8) is 0 Å². The summed E-state index contributed by atoms with van der Waals surface area (Å²) >= 11 is 0. The van der Waals surface area contributed by atoms with Crippen LogP contribution in [0.15, 0.2) is 36.4 Å². The molecule has 4 heteroatoms. The predicted octanol–water partition coefficient (Wildman–Crippen LogP) is 5.31. The maximum atomic E-state index is 13.7. The highest BCUT2D eigenvalue weighted by molar-refractivity contribution is 6.05. The van der Waals surface area contributed by atoms with E-state index < -0.39 is 0 Å². The summed E-state index contributed by atoms with van der Waals surface area (Å²) in [6.07, 6.45) is 1.84. The summed E-state index contributed by atoms with van der Waals surface area (Å²) < 4.78 is 19.0. The number of aromatic nitrogens is 1. The molecule has 0 spiro atoms. The van der Waals surface area contributed by atoms with E-state index in [-0.39, 0.29) is 5.82 Å². The van der Waals surface area contributed by atoms with Gasteiger partial charge in [-0.05, 0) is 48.2 Å². The van der Waals surface area contributed by atoms with Crippen LogP contribution in [-0.4, -0.2) is 18.4 Å². The van der Waals surface area contributed by atoms with E-state index in [0.29, 0.717) is 28.5 Å². The molecule has 3 rings (SSSR count). The Morgan fingerprint density at radius 2 is 2.04 bits per heavy atom. The molecule has 0 amide bonds. The molecule has 1 aromatic heterocycles. The van der Waals surface area contributed by atoms with E-state index in [1.807, 2.05) is 12.1 Å². The van der Waals surface area contributed by atoms with Crippen LogP contribution in [-0.2, 0) is 0 Å². The van der Waals surface area contributed by atoms with Crippen molar-refractivity contribution in [3.05, 3.63) is 53.3 Å². The van der Waals surface area contributed by atoms with Gasteiger partial charge in [0.1, 0.15) is 11.6 Å². The monoisotopic (exact) mass is 325 g/mol. The number of fused-ring (bicyclic) bond motifs is 1. The number of carbonyl (C=O) groups is 1. The molecule has 0 aliphatic carbocycles. The van der Waals surface area contributed by atoms with Gasteiger partial charge in [0, 0.05) is 22.0 Å². The number of nitrogens with one attached hydrogen (secondary N) is 1. The van der Waals surface area contributed by atoms with Gasteiger partial charge >= 0.3 is 0 Å². The molecule has 3 aromatic rings. The Hall–Kier alpha value is -2.62. The highest BCUT2D eigenvalue weighted by atomic mass is 19.1. The molecule has 1 unspecified atom stereocenters. The van der Waals surface area contributed by atoms with E-state index in [9.17, 15) is 9.18 Å². The third-order valence-corrected chi connectivity index (χ3v) is 4.59. The minimum Gasteiger partial charge on any atom is -0.496 e. The highest BCUT2D eigenvalue weighted by Gasteiger charge is 2.17. The molecule has 0 fully saturated rings. The molecule has 0 saturated carbocycles. The number of hydrogen-bond donors (Lipinski definition) is 1. The van der Waals surface area contributed by atoms with Gasteiger partial charge in [-0.3, -0.25) is 4.79 Å². The number of ether oxygens (including phenoxy) is 1. The van der Waals surface area contributed by atoms with Crippen LogP contribution < -0.4 is 4.74 Å². The lowest BCUT2D eigenvalue weighted by Gasteiger charge is -2.09. The van der Waals surface area contributed by atoms with Gasteiger partial charge in [0.05, 0.1) is 12.8 Å². The van der Waals surface area contributed by atoms with Crippen LogP contribution in [0.4, 0.5) is 4.39 Å². The first kappa shape index (κ1) is 16.2. The standard InChI is InChI=1S/C20H20FNO2/c1-4-12(2)13-5-7-18-15(9-13)17(11-23)20(22-18)16-10-14(21)6-8-19(16)24-3/h5-12,22H,4H2,1-3H3. The zero-order chi connectivity index (χ0) is 17.3. The Morgan fingerprint density at radius 3 is 2.71 bits per heavy atom. The van der Waals surface area contributed by atoms with Gasteiger partial charge in [0.15, 0.2) is 6.29 Å². The maximum absolute atomic E-state index is 13.7. The second kappa shape index (κ2) is 6.48. The van der Waals surface area contributed by atoms with Crippen molar-refractivity contribution in [2.24, 2.45) is 0 Å². The molecule has 0 saturated heterocycles. The summed E-state index contributed by atoms with van der Waals surface area (Å²) in [5.74, 6) is 0.561. The zero-order valence-corrected chi connectivity index (χ0v) is 14.0. The molecular formula is C20H20FNO2. The number of H-pyrrole nitrogens is 1. The fourth-order valence-corrected chi connectivity index (χ4v) is 2.98. The van der Waals surface area contributed by atoms with Crippen molar-refractivity contribution in [3.8, 4) is 17.0 Å². The first-order valence-corrected chi connectivity index (χ1v) is 8.03. The molecule has 24 heavy (non-hydrogen) atoms. The molecule has 0 bridgehead atoms. The normalized spacial score (nSPS) is 12.3. The first-order valence-electron chi connectivity index (χ1n) is 8.03. The summed E-state index contributed by atoms with van der Waals surface area (Å²) in [5, 5.41) is 0.851. The van der Waals surface area contributed by atoms with Crippen molar-refractivity contribution in [1.29, 1.82) is 0 Å². The molecule has 0 aliphatic rings. The van der Waals surface area contributed by atoms with Gasteiger partial charge in [0.2, 0.25) is 0 Å². The second-order valence-corrected chi connectivity index (χ2v) is 5.99. The van der Waals surface area contributed by atoms with Crippen LogP contribution in [0.1, 0.15) is 42.1 Å². The van der Waals surface area contributed by atoms with Crippen LogP contribution in [0.3, 0.4) is 0 Å². The van der Waals surface area contributed by atoms with E-state index in [2.05, 4.69) is 24.9 Å². The minimum absolute atomic E-state index is 0.374. The molecule has 1 atom stereocenters. The molecule has 0 aliphatic heterocycles. The Kier molecular flexibility index (Phi) is 4.38. The van der Waals surface area contributed by atoms with Crippen molar-refractivity contribution in [2.45, 2.75) is 26.2 Å². The highest BCUT2D eigenvalue weighted by Crippen LogP contribution is 2.36. The lowest BCUT2D eigenvalue weighted by Crippen LogP contribution is -1.92. The number of carbonyl (C=O) groups excluding carboxylic acids is 1. The van der Waals surface area contributed by atoms with Crippen LogP contribution >= 0.6 is 0 Å². The van der Waals surface area contributed by atoms with Gasteiger partial charge in [-0.25, -0.2) is 4.39 Å². The maximum Gasteiger partial charge on any atom is 0.152 e. The molecule has 124 valence electrons. The number of benzene rings is 2. The van der Waals surface area contributed by atoms with E-state index in [0.717, 1.165) is 23.6 Å². The number of halogens is 1. The number of hydrogen-bond acceptors (Lipinski definition) is 2. The smallest absolute Gasteiger partial charge is 0.152 e. The molecule has 2 aromatic carbocycles. The zero-order valence-electron chi connectivity index (χ0n) is 14.0. The Bertz CT molecular complexity index is 898. The van der Waals surface area contributed by atoms with Gasteiger partial charge in [-0.2, -0.15) is 0 Å². The van der Waals surface area contributed by atoms with Gasteiger partial charge in [-0.1, -0.05) is 19.9 Å². The third kappa shape index (κ3) is 2.68. The summed E-state index contributed by atoms with van der Waals surface area (Å²) in [5.41, 5.74) is 3.69. The number of aldehydes is 1. The summed E-state index contributed by atoms with van der Waals surface area (Å²) in [6.45, 7) is 4.29. The summed E-state index contributed by atoms with van der Waals surface area (Å²) in [6, 6.07) is 10.4. The van der Waals surface area contributed by atoms with Crippen LogP contribution in [0.5, 0.6) is 5.75 Å². The van der Waals surface area contributed by atoms with E-state index >= 15 is 0 Å². The topological polar surface area (TPSA) is 42.1 Å². The number of methoxy groups -OCH3 is 1. The summed E-state index contributed by atoms with van der Waals surface area (Å²) in [7, 11) is 1.53. The van der Waals surface area contributed by atoms with Crippen LogP contribution in [0.25, 0.3) is 22.2 Å². The fourth-order valence-electron chi connectivity index (χ4n) is 2.98. The molecule has 3 nitrogen and oxygen atoms in total. The van der Waals surface area contributed by atoms with Crippen LogP contribution in [0, 0.1) is 5.82 Å². The van der Waals surface area contributed by atoms with E-state index in [1.54, 1.807) is 6.07 Å². The average molecular weight is 325 g/mol. The Morgan fingerprint density at radius 1 is 1.25 bits per heavy atom. The lowest BCUT2D eigenvalue weighted by atomic mass is 9.96. The Balaban J connectivity index is 2.26. The van der Waals surface area contributed by atoms with Crippen molar-refractivity contribution >= 4 is 17.2 Å². The SMILES string of the molecule is CCC(C)c1ccc2[nH]c(-c3cc(F)ccc3OC)c(C=O)c2c1. The molecule has 1 heterocycles. The first-order chi connectivity index (χ1) is 11.6. The van der Waals surface area contributed by atoms with Crippen molar-refractivity contribution in [2.75, 3.05) is 7.11 Å². The number of aromatic amines is 1. The third-order valence-electron chi connectivity index (χ3n) is 4.59. The molecule has 0 radical (unpaired) electrons. The molecule has 1 N–H and O–H groups in total. The van der Waals surface area contributed by atoms with Crippen LogP contribution in [0.2, 0.25) is 0 Å². The number of rotatable bonds is 5. The Labute approximate surface area is 140 Å². The van der Waals surface area contributed by atoms with Crippen molar-refractivity contribution < 1.29 is 13.9 Å². The average Bonchev–Trinajstić information content (AvgIpc) is 2.98. The van der Waals surface area contributed by atoms with Crippen molar-refractivity contribution in [1.82, 2.24) is 4.98 Å². The predicted molar refractivity (Wildman–Crippen MR) is 94.3 cm³/mol.